The van der Waals surface area contributed by atoms with Crippen molar-refractivity contribution < 1.29 is 9.90 Å². The number of carbonyl (C=O) groups is 1. The van der Waals surface area contributed by atoms with E-state index in [-0.39, 0.29) is 5.69 Å². The van der Waals surface area contributed by atoms with Gasteiger partial charge in [0, 0.05) is 22.0 Å². The molecule has 0 amide bonds. The van der Waals surface area contributed by atoms with Crippen LogP contribution in [0.1, 0.15) is 23.0 Å². The summed E-state index contributed by atoms with van der Waals surface area (Å²) in [7, 11) is 0. The number of thioether (sulfide) groups is 1. The Morgan fingerprint density at radius 1 is 1.48 bits per heavy atom. The maximum atomic E-state index is 11.1. The molecule has 6 heteroatoms. The van der Waals surface area contributed by atoms with Crippen LogP contribution in [-0.2, 0) is 0 Å². The van der Waals surface area contributed by atoms with E-state index in [4.69, 9.17) is 5.11 Å². The summed E-state index contributed by atoms with van der Waals surface area (Å²) in [6.07, 6.45) is 1.59. The normalized spacial score (nSPS) is 11.1. The fourth-order valence-corrected chi connectivity index (χ4v) is 3.87. The zero-order valence-electron chi connectivity index (χ0n) is 11.7. The number of hydrogen-bond donors (Lipinski definition) is 1. The van der Waals surface area contributed by atoms with Crippen LogP contribution in [0.3, 0.4) is 0 Å². The van der Waals surface area contributed by atoms with Crippen LogP contribution in [-0.4, -0.2) is 26.2 Å². The van der Waals surface area contributed by atoms with Gasteiger partial charge in [-0.3, -0.25) is 4.40 Å². The van der Waals surface area contributed by atoms with Crippen molar-refractivity contribution >= 4 is 34.0 Å². The molecule has 0 atom stereocenters. The second kappa shape index (κ2) is 5.54. The number of carboxylic acids is 1. The molecule has 3 rings (SSSR count). The molecule has 3 aromatic rings. The lowest BCUT2D eigenvalue weighted by Crippen LogP contribution is -1.95. The van der Waals surface area contributed by atoms with Crippen molar-refractivity contribution in [2.45, 2.75) is 18.7 Å². The Kier molecular flexibility index (Phi) is 3.73. The Morgan fingerprint density at radius 2 is 2.29 bits per heavy atom. The van der Waals surface area contributed by atoms with Gasteiger partial charge in [-0.05, 0) is 24.8 Å². The summed E-state index contributed by atoms with van der Waals surface area (Å²) in [5.74, 6) is -0.00237. The number of thiazole rings is 1. The topological polar surface area (TPSA) is 54.6 Å². The molecular formula is C15H14N2O2S2. The molecule has 0 fully saturated rings. The predicted molar refractivity (Wildman–Crippen MR) is 86.6 cm³/mol. The van der Waals surface area contributed by atoms with Crippen LogP contribution in [0.15, 0.2) is 34.7 Å². The van der Waals surface area contributed by atoms with E-state index in [9.17, 15) is 4.79 Å². The Labute approximate surface area is 130 Å². The van der Waals surface area contributed by atoms with E-state index >= 15 is 0 Å². The second-order valence-electron chi connectivity index (χ2n) is 4.64. The summed E-state index contributed by atoms with van der Waals surface area (Å²) in [4.78, 5) is 17.1. The highest BCUT2D eigenvalue weighted by Gasteiger charge is 2.15. The molecule has 21 heavy (non-hydrogen) atoms. The lowest BCUT2D eigenvalue weighted by Gasteiger charge is -2.08. The van der Waals surface area contributed by atoms with Crippen LogP contribution in [0, 0.1) is 6.92 Å². The van der Waals surface area contributed by atoms with Gasteiger partial charge in [-0.25, -0.2) is 9.78 Å². The molecule has 0 spiro atoms. The third kappa shape index (κ3) is 2.56. The number of hydrogen-bond acceptors (Lipinski definition) is 4. The van der Waals surface area contributed by atoms with Gasteiger partial charge in [0.05, 0.1) is 5.69 Å². The zero-order chi connectivity index (χ0) is 15.0. The number of aryl methyl sites for hydroxylation is 1. The molecule has 0 bridgehead atoms. The van der Waals surface area contributed by atoms with Crippen molar-refractivity contribution in [2.24, 2.45) is 0 Å². The van der Waals surface area contributed by atoms with E-state index in [0.717, 1.165) is 17.0 Å². The molecule has 0 saturated heterocycles. The number of benzene rings is 1. The van der Waals surface area contributed by atoms with Gasteiger partial charge in [0.2, 0.25) is 0 Å². The molecule has 2 heterocycles. The minimum Gasteiger partial charge on any atom is -0.476 e. The standard InChI is InChI=1S/C15H14N2O2S2/c1-3-20-13-5-4-9(2)6-10(13)12-8-21-15-16-11(14(18)19)7-17(12)15/h4-8H,3H2,1-2H3,(H,18,19). The smallest absolute Gasteiger partial charge is 0.356 e. The number of rotatable bonds is 4. The van der Waals surface area contributed by atoms with E-state index < -0.39 is 5.97 Å². The Bertz CT molecular complexity index is 820. The quantitative estimate of drug-likeness (QED) is 0.733. The maximum absolute atomic E-state index is 11.1. The summed E-state index contributed by atoms with van der Waals surface area (Å²) in [6.45, 7) is 4.18. The summed E-state index contributed by atoms with van der Waals surface area (Å²) in [5.41, 5.74) is 3.39. The summed E-state index contributed by atoms with van der Waals surface area (Å²) in [5, 5.41) is 11.1. The molecule has 0 unspecified atom stereocenters. The fraction of sp³-hybridized carbons (Fsp3) is 0.200. The number of aromatic carboxylic acids is 1. The highest BCUT2D eigenvalue weighted by Crippen LogP contribution is 2.34. The van der Waals surface area contributed by atoms with Crippen molar-refractivity contribution in [3.8, 4) is 11.3 Å². The summed E-state index contributed by atoms with van der Waals surface area (Å²) >= 11 is 3.24. The molecule has 0 saturated carbocycles. The number of aromatic nitrogens is 2. The third-order valence-electron chi connectivity index (χ3n) is 3.14. The van der Waals surface area contributed by atoms with Crippen LogP contribution in [0.5, 0.6) is 0 Å². The minimum absolute atomic E-state index is 0.0837. The van der Waals surface area contributed by atoms with Crippen molar-refractivity contribution in [3.63, 3.8) is 0 Å². The third-order valence-corrected chi connectivity index (χ3v) is 4.93. The van der Waals surface area contributed by atoms with Crippen LogP contribution in [0.4, 0.5) is 0 Å². The van der Waals surface area contributed by atoms with Crippen LogP contribution >= 0.6 is 23.1 Å². The van der Waals surface area contributed by atoms with E-state index in [2.05, 4.69) is 37.0 Å². The van der Waals surface area contributed by atoms with Crippen molar-refractivity contribution in [1.29, 1.82) is 0 Å². The van der Waals surface area contributed by atoms with Gasteiger partial charge in [0.15, 0.2) is 10.7 Å². The van der Waals surface area contributed by atoms with Gasteiger partial charge < -0.3 is 5.11 Å². The Balaban J connectivity index is 2.19. The fourth-order valence-electron chi connectivity index (χ4n) is 2.21. The highest BCUT2D eigenvalue weighted by molar-refractivity contribution is 7.99. The first-order valence-electron chi connectivity index (χ1n) is 6.54. The van der Waals surface area contributed by atoms with Gasteiger partial charge >= 0.3 is 5.97 Å². The first-order valence-corrected chi connectivity index (χ1v) is 8.40. The average molecular weight is 318 g/mol. The minimum atomic E-state index is -0.996. The first-order chi connectivity index (χ1) is 10.1. The van der Waals surface area contributed by atoms with E-state index in [1.165, 1.54) is 21.8 Å². The Hall–Kier alpha value is -1.79. The van der Waals surface area contributed by atoms with Gasteiger partial charge in [-0.15, -0.1) is 23.1 Å². The van der Waals surface area contributed by atoms with Crippen molar-refractivity contribution in [3.05, 3.63) is 41.0 Å². The molecule has 108 valence electrons. The first kappa shape index (κ1) is 14.2. The Morgan fingerprint density at radius 3 is 3.00 bits per heavy atom. The lowest BCUT2D eigenvalue weighted by atomic mass is 10.1. The van der Waals surface area contributed by atoms with Crippen LogP contribution < -0.4 is 0 Å². The van der Waals surface area contributed by atoms with E-state index in [0.29, 0.717) is 4.96 Å². The summed E-state index contributed by atoms with van der Waals surface area (Å²) in [6, 6.07) is 6.36. The van der Waals surface area contributed by atoms with E-state index in [1.807, 2.05) is 9.78 Å². The van der Waals surface area contributed by atoms with E-state index in [1.54, 1.807) is 18.0 Å². The van der Waals surface area contributed by atoms with Crippen molar-refractivity contribution in [1.82, 2.24) is 9.38 Å². The molecule has 2 aromatic heterocycles. The van der Waals surface area contributed by atoms with Gasteiger partial charge in [0.25, 0.3) is 0 Å². The van der Waals surface area contributed by atoms with Crippen LogP contribution in [0.2, 0.25) is 0 Å². The molecule has 0 aliphatic heterocycles. The molecular weight excluding hydrogens is 304 g/mol. The van der Waals surface area contributed by atoms with Crippen LogP contribution in [0.25, 0.3) is 16.2 Å². The number of carboxylic acid groups (broad SMARTS) is 1. The molecule has 0 aliphatic rings. The molecule has 0 aliphatic carbocycles. The maximum Gasteiger partial charge on any atom is 0.356 e. The number of fused-ring (bicyclic) bond motifs is 1. The van der Waals surface area contributed by atoms with Crippen molar-refractivity contribution in [2.75, 3.05) is 5.75 Å². The molecule has 0 radical (unpaired) electrons. The largest absolute Gasteiger partial charge is 0.476 e. The monoisotopic (exact) mass is 318 g/mol. The average Bonchev–Trinajstić information content (AvgIpc) is 3.01. The SMILES string of the molecule is CCSc1ccc(C)cc1-c1csc2nc(C(=O)O)cn12. The molecule has 1 aromatic carbocycles. The lowest BCUT2D eigenvalue weighted by molar-refractivity contribution is 0.0691. The number of imidazole rings is 1. The van der Waals surface area contributed by atoms with Gasteiger partial charge in [0.1, 0.15) is 0 Å². The number of nitrogens with zero attached hydrogens (tertiary/aromatic N) is 2. The van der Waals surface area contributed by atoms with Gasteiger partial charge in [-0.2, -0.15) is 0 Å². The van der Waals surface area contributed by atoms with Gasteiger partial charge in [-0.1, -0.05) is 18.6 Å². The highest BCUT2D eigenvalue weighted by atomic mass is 32.2. The summed E-state index contributed by atoms with van der Waals surface area (Å²) < 4.78 is 1.86. The zero-order valence-corrected chi connectivity index (χ0v) is 13.3. The predicted octanol–water partition coefficient (Wildman–Crippen LogP) is 4.18. The molecule has 4 nitrogen and oxygen atoms in total. The second-order valence-corrected chi connectivity index (χ2v) is 6.78. The molecule has 1 N–H and O–H groups in total.